The van der Waals surface area contributed by atoms with E-state index in [1.54, 1.807) is 5.57 Å². The van der Waals surface area contributed by atoms with Crippen molar-refractivity contribution in [2.24, 2.45) is 11.8 Å². The molecule has 0 aromatic rings. The van der Waals surface area contributed by atoms with Crippen LogP contribution in [0.3, 0.4) is 0 Å². The molecular formula is C11H20N+. The maximum Gasteiger partial charge on any atom is 0.142 e. The van der Waals surface area contributed by atoms with Gasteiger partial charge in [0, 0.05) is 6.42 Å². The average molecular weight is 166 g/mol. The minimum absolute atomic E-state index is 0.903. The van der Waals surface area contributed by atoms with Gasteiger partial charge in [-0.1, -0.05) is 18.6 Å². The minimum atomic E-state index is 0.903. The first kappa shape index (κ1) is 9.50. The van der Waals surface area contributed by atoms with Crippen molar-refractivity contribution in [1.82, 2.24) is 0 Å². The van der Waals surface area contributed by atoms with Gasteiger partial charge in [0.1, 0.15) is 20.3 Å². The van der Waals surface area contributed by atoms with Crippen molar-refractivity contribution in [3.63, 3.8) is 0 Å². The Morgan fingerprint density at radius 3 is 2.50 bits per heavy atom. The van der Waals surface area contributed by atoms with Crippen LogP contribution in [0.15, 0.2) is 11.6 Å². The van der Waals surface area contributed by atoms with Crippen LogP contribution in [-0.2, 0) is 0 Å². The average Bonchev–Trinajstić information content (AvgIpc) is 2.66. The molecule has 68 valence electrons. The lowest BCUT2D eigenvalue weighted by molar-refractivity contribution is -0.460. The lowest BCUT2D eigenvalue weighted by atomic mass is 10.1. The fourth-order valence-electron chi connectivity index (χ4n) is 1.56. The molecule has 1 fully saturated rings. The van der Waals surface area contributed by atoms with E-state index in [-0.39, 0.29) is 0 Å². The van der Waals surface area contributed by atoms with Gasteiger partial charge in [-0.15, -0.1) is 0 Å². The van der Waals surface area contributed by atoms with Crippen LogP contribution >= 0.6 is 0 Å². The molecule has 2 atom stereocenters. The molecule has 12 heavy (non-hydrogen) atoms. The molecule has 0 N–H and O–H groups in total. The first-order valence-electron chi connectivity index (χ1n) is 4.77. The first-order chi connectivity index (χ1) is 5.61. The highest BCUT2D eigenvalue weighted by atomic mass is 14.9. The van der Waals surface area contributed by atoms with Crippen LogP contribution in [0.4, 0.5) is 0 Å². The number of nitrogens with zero attached hydrogens (tertiary/aromatic N) is 1. The van der Waals surface area contributed by atoms with E-state index in [1.807, 2.05) is 0 Å². The van der Waals surface area contributed by atoms with Gasteiger partial charge in [-0.2, -0.15) is 0 Å². The summed E-state index contributed by atoms with van der Waals surface area (Å²) in [6.45, 7) is 4.59. The van der Waals surface area contributed by atoms with Crippen molar-refractivity contribution in [2.45, 2.75) is 26.7 Å². The Morgan fingerprint density at radius 1 is 1.50 bits per heavy atom. The summed E-state index contributed by atoms with van der Waals surface area (Å²) in [5.41, 5.74) is 1.58. The summed E-state index contributed by atoms with van der Waals surface area (Å²) in [5.74, 6) is 1.85. The highest BCUT2D eigenvalue weighted by Crippen LogP contribution is 2.43. The minimum Gasteiger partial charge on any atom is -0.245 e. The highest BCUT2D eigenvalue weighted by Gasteiger charge is 2.33. The van der Waals surface area contributed by atoms with Crippen molar-refractivity contribution in [1.29, 1.82) is 0 Å². The second-order valence-corrected chi connectivity index (χ2v) is 4.15. The van der Waals surface area contributed by atoms with E-state index >= 15 is 0 Å². The van der Waals surface area contributed by atoms with Crippen molar-refractivity contribution < 1.29 is 4.58 Å². The standard InChI is InChI=1S/C11H20N/c1-9(11-8-10(11)2)6-5-7-12(3)4/h6-7,10-11H,5,8H2,1-4H3/q+1. The van der Waals surface area contributed by atoms with Crippen molar-refractivity contribution >= 4 is 6.21 Å². The zero-order valence-corrected chi connectivity index (χ0v) is 8.67. The largest absolute Gasteiger partial charge is 0.245 e. The molecule has 1 saturated carbocycles. The van der Waals surface area contributed by atoms with Crippen molar-refractivity contribution in [3.8, 4) is 0 Å². The second-order valence-electron chi connectivity index (χ2n) is 4.15. The van der Waals surface area contributed by atoms with Crippen LogP contribution in [-0.4, -0.2) is 24.9 Å². The summed E-state index contributed by atoms with van der Waals surface area (Å²) >= 11 is 0. The lowest BCUT2D eigenvalue weighted by Gasteiger charge is -1.94. The molecule has 0 aliphatic heterocycles. The van der Waals surface area contributed by atoms with Gasteiger partial charge >= 0.3 is 0 Å². The smallest absolute Gasteiger partial charge is 0.142 e. The molecule has 1 aliphatic carbocycles. The fraction of sp³-hybridized carbons (Fsp3) is 0.727. The van der Waals surface area contributed by atoms with Gasteiger partial charge < -0.3 is 0 Å². The van der Waals surface area contributed by atoms with E-state index < -0.39 is 0 Å². The molecule has 1 aliphatic rings. The van der Waals surface area contributed by atoms with Gasteiger partial charge in [-0.25, -0.2) is 4.58 Å². The Balaban J connectivity index is 2.32. The molecule has 0 spiro atoms. The Morgan fingerprint density at radius 2 is 2.08 bits per heavy atom. The van der Waals surface area contributed by atoms with Crippen molar-refractivity contribution in [2.75, 3.05) is 14.1 Å². The Kier molecular flexibility index (Phi) is 3.07. The highest BCUT2D eigenvalue weighted by molar-refractivity contribution is 5.53. The van der Waals surface area contributed by atoms with Gasteiger partial charge in [0.15, 0.2) is 0 Å². The van der Waals surface area contributed by atoms with Crippen molar-refractivity contribution in [3.05, 3.63) is 11.6 Å². The van der Waals surface area contributed by atoms with Crippen LogP contribution in [0.25, 0.3) is 0 Å². The van der Waals surface area contributed by atoms with Crippen LogP contribution in [0, 0.1) is 11.8 Å². The molecule has 0 bridgehead atoms. The predicted molar refractivity (Wildman–Crippen MR) is 53.8 cm³/mol. The van der Waals surface area contributed by atoms with Gasteiger partial charge in [0.25, 0.3) is 0 Å². The van der Waals surface area contributed by atoms with Gasteiger partial charge in [0.2, 0.25) is 0 Å². The zero-order valence-electron chi connectivity index (χ0n) is 8.67. The van der Waals surface area contributed by atoms with Gasteiger partial charge in [-0.05, 0) is 25.2 Å². The van der Waals surface area contributed by atoms with E-state index in [2.05, 4.69) is 44.8 Å². The monoisotopic (exact) mass is 166 g/mol. The lowest BCUT2D eigenvalue weighted by Crippen LogP contribution is -1.97. The normalized spacial score (nSPS) is 28.5. The van der Waals surface area contributed by atoms with E-state index in [9.17, 15) is 0 Å². The third-order valence-electron chi connectivity index (χ3n) is 2.60. The van der Waals surface area contributed by atoms with E-state index in [0.717, 1.165) is 18.3 Å². The summed E-state index contributed by atoms with van der Waals surface area (Å²) < 4.78 is 2.11. The maximum atomic E-state index is 2.36. The van der Waals surface area contributed by atoms with Gasteiger partial charge in [-0.3, -0.25) is 0 Å². The summed E-state index contributed by atoms with van der Waals surface area (Å²) in [5, 5.41) is 0. The number of hydrogen-bond donors (Lipinski definition) is 0. The molecule has 0 saturated heterocycles. The Labute approximate surface area is 75.8 Å². The summed E-state index contributed by atoms with van der Waals surface area (Å²) in [6, 6.07) is 0. The van der Waals surface area contributed by atoms with Crippen LogP contribution in [0.5, 0.6) is 0 Å². The molecular weight excluding hydrogens is 146 g/mol. The third kappa shape index (κ3) is 2.80. The molecule has 0 aromatic carbocycles. The fourth-order valence-corrected chi connectivity index (χ4v) is 1.56. The van der Waals surface area contributed by atoms with Gasteiger partial charge in [0.05, 0.1) is 0 Å². The summed E-state index contributed by atoms with van der Waals surface area (Å²) in [4.78, 5) is 0. The Bertz CT molecular complexity index is 209. The predicted octanol–water partition coefficient (Wildman–Crippen LogP) is 2.32. The van der Waals surface area contributed by atoms with E-state index in [4.69, 9.17) is 0 Å². The van der Waals surface area contributed by atoms with E-state index in [1.165, 1.54) is 6.42 Å². The zero-order chi connectivity index (χ0) is 9.14. The quantitative estimate of drug-likeness (QED) is 0.344. The topological polar surface area (TPSA) is 3.01 Å². The maximum absolute atomic E-state index is 2.36. The third-order valence-corrected chi connectivity index (χ3v) is 2.60. The summed E-state index contributed by atoms with van der Waals surface area (Å²) in [7, 11) is 4.14. The number of hydrogen-bond acceptors (Lipinski definition) is 0. The Hall–Kier alpha value is -0.590. The molecule has 1 rings (SSSR count). The molecule has 0 aromatic heterocycles. The first-order valence-corrected chi connectivity index (χ1v) is 4.77. The van der Waals surface area contributed by atoms with E-state index in [0.29, 0.717) is 0 Å². The molecule has 1 nitrogen and oxygen atoms in total. The number of rotatable bonds is 3. The van der Waals surface area contributed by atoms with Crippen LogP contribution in [0.2, 0.25) is 0 Å². The van der Waals surface area contributed by atoms with Crippen LogP contribution < -0.4 is 0 Å². The second kappa shape index (κ2) is 3.88. The molecule has 0 amide bonds. The van der Waals surface area contributed by atoms with Crippen LogP contribution in [0.1, 0.15) is 26.7 Å². The number of allylic oxidation sites excluding steroid dienone is 2. The molecule has 0 radical (unpaired) electrons. The molecule has 0 heterocycles. The SMILES string of the molecule is CC(=CCC=[N+](C)C)C1CC1C. The molecule has 2 unspecified atom stereocenters. The summed E-state index contributed by atoms with van der Waals surface area (Å²) in [6.07, 6.45) is 7.05. The molecule has 1 heteroatoms.